The predicted molar refractivity (Wildman–Crippen MR) is 89.5 cm³/mol. The van der Waals surface area contributed by atoms with Crippen molar-refractivity contribution in [3.63, 3.8) is 0 Å². The van der Waals surface area contributed by atoms with Crippen molar-refractivity contribution >= 4 is 50.7 Å². The topological polar surface area (TPSA) is 9.23 Å². The van der Waals surface area contributed by atoms with E-state index in [0.717, 1.165) is 15.8 Å². The number of ether oxygens (including phenoxy) is 1. The van der Waals surface area contributed by atoms with Gasteiger partial charge in [-0.05, 0) is 52.7 Å². The van der Waals surface area contributed by atoms with Crippen LogP contribution in [-0.4, -0.2) is 6.61 Å². The minimum atomic E-state index is -0.414. The second kappa shape index (κ2) is 7.04. The first-order valence-electron chi connectivity index (χ1n) is 6.04. The highest BCUT2D eigenvalue weighted by Gasteiger charge is 2.18. The lowest BCUT2D eigenvalue weighted by molar-refractivity contribution is 0.338. The Morgan fingerprint density at radius 1 is 1.15 bits per heavy atom. The summed E-state index contributed by atoms with van der Waals surface area (Å²) >= 11 is 22.4. The van der Waals surface area contributed by atoms with Gasteiger partial charge in [-0.15, -0.1) is 11.6 Å². The van der Waals surface area contributed by atoms with Gasteiger partial charge in [0.15, 0.2) is 0 Å². The van der Waals surface area contributed by atoms with E-state index in [2.05, 4.69) is 15.9 Å². The third kappa shape index (κ3) is 3.43. The Morgan fingerprint density at radius 2 is 1.80 bits per heavy atom. The molecule has 0 spiro atoms. The summed E-state index contributed by atoms with van der Waals surface area (Å²) in [6.07, 6.45) is 0. The lowest BCUT2D eigenvalue weighted by Gasteiger charge is -2.15. The number of halogens is 4. The summed E-state index contributed by atoms with van der Waals surface area (Å²) in [7, 11) is 0. The zero-order chi connectivity index (χ0) is 14.7. The fourth-order valence-corrected chi connectivity index (χ4v) is 3.48. The van der Waals surface area contributed by atoms with E-state index in [9.17, 15) is 0 Å². The van der Waals surface area contributed by atoms with E-state index in [1.54, 1.807) is 18.2 Å². The van der Waals surface area contributed by atoms with Crippen LogP contribution in [0.2, 0.25) is 10.0 Å². The largest absolute Gasteiger partial charge is 0.493 e. The Labute approximate surface area is 141 Å². The van der Waals surface area contributed by atoms with Crippen LogP contribution in [0, 0.1) is 0 Å². The highest BCUT2D eigenvalue weighted by molar-refractivity contribution is 9.10. The molecule has 0 aliphatic carbocycles. The van der Waals surface area contributed by atoms with Crippen LogP contribution in [0.5, 0.6) is 5.75 Å². The fraction of sp³-hybridized carbons (Fsp3) is 0.200. The number of benzene rings is 2. The third-order valence-electron chi connectivity index (χ3n) is 2.80. The van der Waals surface area contributed by atoms with Crippen LogP contribution in [0.1, 0.15) is 23.4 Å². The quantitative estimate of drug-likeness (QED) is 0.539. The summed E-state index contributed by atoms with van der Waals surface area (Å²) in [5.74, 6) is 0.783. The lowest BCUT2D eigenvalue weighted by atomic mass is 10.0. The summed E-state index contributed by atoms with van der Waals surface area (Å²) in [4.78, 5) is 0. The number of rotatable bonds is 4. The zero-order valence-electron chi connectivity index (χ0n) is 10.7. The van der Waals surface area contributed by atoms with E-state index in [4.69, 9.17) is 39.5 Å². The standard InChI is InChI=1S/C15H12BrCl3O/c1-2-20-13-7-6-9(8-10(13)16)15(19)14-11(17)4-3-5-12(14)18/h3-8,15H,2H2,1H3. The second-order valence-electron chi connectivity index (χ2n) is 4.12. The van der Waals surface area contributed by atoms with Gasteiger partial charge in [0.1, 0.15) is 5.75 Å². The molecule has 0 aliphatic heterocycles. The highest BCUT2D eigenvalue weighted by atomic mass is 79.9. The van der Waals surface area contributed by atoms with Crippen LogP contribution in [-0.2, 0) is 0 Å². The van der Waals surface area contributed by atoms with Crippen molar-refractivity contribution in [1.82, 2.24) is 0 Å². The average Bonchev–Trinajstić information content (AvgIpc) is 2.41. The molecule has 1 unspecified atom stereocenters. The first-order valence-corrected chi connectivity index (χ1v) is 8.03. The summed E-state index contributed by atoms with van der Waals surface area (Å²) in [5, 5.41) is 0.702. The molecule has 106 valence electrons. The molecule has 0 saturated carbocycles. The molecular formula is C15H12BrCl3O. The molecule has 0 fully saturated rings. The molecular weight excluding hydrogens is 382 g/mol. The van der Waals surface area contributed by atoms with Gasteiger partial charge in [-0.3, -0.25) is 0 Å². The van der Waals surface area contributed by atoms with Gasteiger partial charge in [0.25, 0.3) is 0 Å². The van der Waals surface area contributed by atoms with Crippen molar-refractivity contribution in [1.29, 1.82) is 0 Å². The molecule has 0 N–H and O–H groups in total. The second-order valence-corrected chi connectivity index (χ2v) is 6.23. The number of hydrogen-bond donors (Lipinski definition) is 0. The Morgan fingerprint density at radius 3 is 2.35 bits per heavy atom. The highest BCUT2D eigenvalue weighted by Crippen LogP contribution is 2.40. The molecule has 0 heterocycles. The van der Waals surface area contributed by atoms with Gasteiger partial charge in [0.05, 0.1) is 16.5 Å². The Hall–Kier alpha value is -0.410. The SMILES string of the molecule is CCOc1ccc(C(Cl)c2c(Cl)cccc2Cl)cc1Br. The molecule has 20 heavy (non-hydrogen) atoms. The van der Waals surface area contributed by atoms with E-state index < -0.39 is 5.38 Å². The molecule has 0 aliphatic rings. The Bertz CT molecular complexity index is 596. The van der Waals surface area contributed by atoms with Gasteiger partial charge >= 0.3 is 0 Å². The zero-order valence-corrected chi connectivity index (χ0v) is 14.5. The Balaban J connectivity index is 2.39. The molecule has 0 bridgehead atoms. The van der Waals surface area contributed by atoms with Gasteiger partial charge in [-0.25, -0.2) is 0 Å². The van der Waals surface area contributed by atoms with E-state index in [1.165, 1.54) is 0 Å². The fourth-order valence-electron chi connectivity index (χ4n) is 1.87. The normalized spacial score (nSPS) is 12.2. The molecule has 1 nitrogen and oxygen atoms in total. The predicted octanol–water partition coefficient (Wildman–Crippen LogP) is 6.48. The van der Waals surface area contributed by atoms with Crippen LogP contribution in [0.15, 0.2) is 40.9 Å². The van der Waals surface area contributed by atoms with Crippen molar-refractivity contribution in [2.45, 2.75) is 12.3 Å². The maximum Gasteiger partial charge on any atom is 0.133 e. The van der Waals surface area contributed by atoms with Crippen LogP contribution >= 0.6 is 50.7 Å². The minimum absolute atomic E-state index is 0.414. The molecule has 0 aromatic heterocycles. The van der Waals surface area contributed by atoms with Crippen LogP contribution in [0.25, 0.3) is 0 Å². The Kier molecular flexibility index (Phi) is 5.62. The molecule has 0 amide bonds. The smallest absolute Gasteiger partial charge is 0.133 e. The molecule has 1 atom stereocenters. The first-order chi connectivity index (χ1) is 9.54. The minimum Gasteiger partial charge on any atom is -0.493 e. The summed E-state index contributed by atoms with van der Waals surface area (Å²) < 4.78 is 6.33. The van der Waals surface area contributed by atoms with E-state index in [0.29, 0.717) is 22.2 Å². The molecule has 2 rings (SSSR count). The van der Waals surface area contributed by atoms with Crippen molar-refractivity contribution in [3.05, 3.63) is 62.0 Å². The van der Waals surface area contributed by atoms with Gasteiger partial charge in [0.2, 0.25) is 0 Å². The van der Waals surface area contributed by atoms with Crippen molar-refractivity contribution < 1.29 is 4.74 Å². The third-order valence-corrected chi connectivity index (χ3v) is 4.55. The van der Waals surface area contributed by atoms with Gasteiger partial charge in [0, 0.05) is 15.6 Å². The van der Waals surface area contributed by atoms with Crippen LogP contribution < -0.4 is 4.74 Å². The molecule has 0 radical (unpaired) electrons. The molecule has 5 heteroatoms. The van der Waals surface area contributed by atoms with E-state index in [-0.39, 0.29) is 0 Å². The molecule has 2 aromatic rings. The number of alkyl halides is 1. The monoisotopic (exact) mass is 392 g/mol. The number of hydrogen-bond acceptors (Lipinski definition) is 1. The van der Waals surface area contributed by atoms with Crippen molar-refractivity contribution in [2.24, 2.45) is 0 Å². The lowest BCUT2D eigenvalue weighted by Crippen LogP contribution is -1.98. The van der Waals surface area contributed by atoms with E-state index >= 15 is 0 Å². The average molecular weight is 395 g/mol. The van der Waals surface area contributed by atoms with Crippen molar-refractivity contribution in [2.75, 3.05) is 6.61 Å². The summed E-state index contributed by atoms with van der Waals surface area (Å²) in [6, 6.07) is 11.1. The van der Waals surface area contributed by atoms with Crippen LogP contribution in [0.4, 0.5) is 0 Å². The van der Waals surface area contributed by atoms with Gasteiger partial charge in [-0.2, -0.15) is 0 Å². The van der Waals surface area contributed by atoms with Gasteiger partial charge < -0.3 is 4.74 Å². The first kappa shape index (κ1) is 16.0. The van der Waals surface area contributed by atoms with Crippen LogP contribution in [0.3, 0.4) is 0 Å². The maximum atomic E-state index is 6.51. The molecule has 2 aromatic carbocycles. The summed E-state index contributed by atoms with van der Waals surface area (Å²) in [6.45, 7) is 2.55. The van der Waals surface area contributed by atoms with Gasteiger partial charge in [-0.1, -0.05) is 35.3 Å². The molecule has 0 saturated heterocycles. The van der Waals surface area contributed by atoms with E-state index in [1.807, 2.05) is 25.1 Å². The summed E-state index contributed by atoms with van der Waals surface area (Å²) in [5.41, 5.74) is 1.62. The van der Waals surface area contributed by atoms with Crippen molar-refractivity contribution in [3.8, 4) is 5.75 Å². The maximum absolute atomic E-state index is 6.51.